The minimum Gasteiger partial charge on any atom is -0.478 e. The molecule has 1 aromatic carbocycles. The largest absolute Gasteiger partial charge is 0.478 e. The molecule has 0 aliphatic heterocycles. The average Bonchev–Trinajstić information content (AvgIpc) is 3.30. The number of hydrogen-bond donors (Lipinski definition) is 2. The van der Waals surface area contributed by atoms with Crippen molar-refractivity contribution in [2.45, 2.75) is 38.0 Å². The molecule has 0 atom stereocenters. The lowest BCUT2D eigenvalue weighted by atomic mass is 10.0. The van der Waals surface area contributed by atoms with Gasteiger partial charge in [-0.1, -0.05) is 6.07 Å². The van der Waals surface area contributed by atoms with Crippen LogP contribution in [0, 0.1) is 0 Å². The van der Waals surface area contributed by atoms with Gasteiger partial charge in [-0.15, -0.1) is 0 Å². The number of aryl methyl sites for hydroxylation is 1. The third-order valence-electron chi connectivity index (χ3n) is 4.25. The van der Waals surface area contributed by atoms with Gasteiger partial charge in [0.05, 0.1) is 16.8 Å². The minimum absolute atomic E-state index is 0.0100. The molecule has 2 N–H and O–H groups in total. The van der Waals surface area contributed by atoms with Crippen LogP contribution in [0.15, 0.2) is 24.3 Å². The van der Waals surface area contributed by atoms with E-state index in [1.807, 2.05) is 17.8 Å². The maximum Gasteiger partial charge on any atom is 0.416 e. The van der Waals surface area contributed by atoms with Crippen LogP contribution < -0.4 is 5.32 Å². The topological polar surface area (TPSA) is 67.2 Å². The quantitative estimate of drug-likeness (QED) is 0.836. The first-order valence-corrected chi connectivity index (χ1v) is 7.92. The summed E-state index contributed by atoms with van der Waals surface area (Å²) < 4.78 is 41.3. The molecule has 1 heterocycles. The van der Waals surface area contributed by atoms with E-state index in [0.29, 0.717) is 18.5 Å². The van der Waals surface area contributed by atoms with Crippen LogP contribution >= 0.6 is 0 Å². The second-order valence-electron chi connectivity index (χ2n) is 6.24. The van der Waals surface area contributed by atoms with Gasteiger partial charge in [-0.25, -0.2) is 4.79 Å². The Kier molecular flexibility index (Phi) is 4.55. The van der Waals surface area contributed by atoms with Crippen LogP contribution in [0.1, 0.15) is 51.6 Å². The summed E-state index contributed by atoms with van der Waals surface area (Å²) in [5.74, 6) is -0.835. The van der Waals surface area contributed by atoms with E-state index < -0.39 is 17.7 Å². The Morgan fingerprint density at radius 2 is 2.04 bits per heavy atom. The van der Waals surface area contributed by atoms with Gasteiger partial charge in [0.15, 0.2) is 0 Å². The van der Waals surface area contributed by atoms with Gasteiger partial charge in [0.25, 0.3) is 0 Å². The number of aromatic nitrogens is 2. The summed E-state index contributed by atoms with van der Waals surface area (Å²) >= 11 is 0. The summed E-state index contributed by atoms with van der Waals surface area (Å²) in [7, 11) is 1.86. The maximum atomic E-state index is 13.2. The van der Waals surface area contributed by atoms with Crippen LogP contribution in [-0.4, -0.2) is 20.9 Å². The smallest absolute Gasteiger partial charge is 0.416 e. The first kappa shape index (κ1) is 17.5. The predicted octanol–water partition coefficient (Wildman–Crippen LogP) is 3.30. The van der Waals surface area contributed by atoms with Gasteiger partial charge >= 0.3 is 12.1 Å². The van der Waals surface area contributed by atoms with Crippen molar-refractivity contribution in [2.24, 2.45) is 7.05 Å². The van der Waals surface area contributed by atoms with E-state index >= 15 is 0 Å². The summed E-state index contributed by atoms with van der Waals surface area (Å²) in [6, 6.07) is 5.03. The maximum absolute atomic E-state index is 13.2. The third kappa shape index (κ3) is 4.01. The Hall–Kier alpha value is -2.35. The lowest BCUT2D eigenvalue weighted by Gasteiger charge is -2.14. The summed E-state index contributed by atoms with van der Waals surface area (Å²) in [5, 5.41) is 16.2. The molecule has 1 aromatic heterocycles. The highest BCUT2D eigenvalue weighted by molar-refractivity contribution is 5.88. The molecule has 25 heavy (non-hydrogen) atoms. The molecule has 0 bridgehead atoms. The molecule has 0 radical (unpaired) electrons. The first-order chi connectivity index (χ1) is 11.8. The van der Waals surface area contributed by atoms with E-state index in [0.717, 1.165) is 24.2 Å². The number of carbonyl (C=O) groups is 1. The molecule has 3 rings (SSSR count). The van der Waals surface area contributed by atoms with Crippen LogP contribution in [-0.2, 0) is 26.3 Å². The van der Waals surface area contributed by atoms with Gasteiger partial charge in [-0.2, -0.15) is 18.3 Å². The number of rotatable bonds is 6. The fourth-order valence-electron chi connectivity index (χ4n) is 2.84. The number of carboxylic acid groups (broad SMARTS) is 1. The molecule has 0 amide bonds. The molecule has 8 heteroatoms. The van der Waals surface area contributed by atoms with Crippen molar-refractivity contribution < 1.29 is 23.1 Å². The normalized spacial score (nSPS) is 14.7. The van der Waals surface area contributed by atoms with Crippen LogP contribution in [0.25, 0.3) is 0 Å². The Morgan fingerprint density at radius 1 is 1.32 bits per heavy atom. The van der Waals surface area contributed by atoms with Gasteiger partial charge in [0.1, 0.15) is 0 Å². The molecule has 0 saturated heterocycles. The monoisotopic (exact) mass is 353 g/mol. The molecular formula is C17H18F3N3O2. The molecule has 5 nitrogen and oxygen atoms in total. The molecular weight excluding hydrogens is 335 g/mol. The van der Waals surface area contributed by atoms with Gasteiger partial charge in [-0.05, 0) is 36.6 Å². The van der Waals surface area contributed by atoms with Crippen molar-refractivity contribution in [2.75, 3.05) is 0 Å². The SMILES string of the molecule is Cn1nc(CNCc2ccc(C(=O)O)cc2C(F)(F)F)cc1C1CC1. The standard InChI is InChI=1S/C17H18F3N3O2/c1-23-15(10-2-3-10)7-13(22-23)9-21-8-12-5-4-11(16(24)25)6-14(12)17(18,19)20/h4-7,10,21H,2-3,8-9H2,1H3,(H,24,25). The highest BCUT2D eigenvalue weighted by atomic mass is 19.4. The third-order valence-corrected chi connectivity index (χ3v) is 4.25. The molecule has 1 aliphatic rings. The Morgan fingerprint density at radius 3 is 2.64 bits per heavy atom. The first-order valence-electron chi connectivity index (χ1n) is 7.92. The molecule has 0 spiro atoms. The van der Waals surface area contributed by atoms with E-state index in [1.165, 1.54) is 12.1 Å². The molecule has 1 fully saturated rings. The van der Waals surface area contributed by atoms with Gasteiger partial charge in [0.2, 0.25) is 0 Å². The number of alkyl halides is 3. The second kappa shape index (κ2) is 6.51. The van der Waals surface area contributed by atoms with Crippen molar-refractivity contribution in [3.05, 3.63) is 52.3 Å². The van der Waals surface area contributed by atoms with Crippen molar-refractivity contribution in [1.29, 1.82) is 0 Å². The number of hydrogen-bond acceptors (Lipinski definition) is 3. The zero-order chi connectivity index (χ0) is 18.2. The fraction of sp³-hybridized carbons (Fsp3) is 0.412. The number of nitrogens with zero attached hydrogens (tertiary/aromatic N) is 2. The van der Waals surface area contributed by atoms with Crippen LogP contribution in [0.2, 0.25) is 0 Å². The van der Waals surface area contributed by atoms with Crippen LogP contribution in [0.4, 0.5) is 13.2 Å². The van der Waals surface area contributed by atoms with Crippen molar-refractivity contribution in [3.63, 3.8) is 0 Å². The summed E-state index contributed by atoms with van der Waals surface area (Å²) in [6.07, 6.45) is -2.30. The second-order valence-corrected chi connectivity index (χ2v) is 6.24. The highest BCUT2D eigenvalue weighted by Gasteiger charge is 2.34. The van der Waals surface area contributed by atoms with Crippen molar-refractivity contribution in [3.8, 4) is 0 Å². The van der Waals surface area contributed by atoms with E-state index in [2.05, 4.69) is 10.4 Å². The molecule has 1 saturated carbocycles. The lowest BCUT2D eigenvalue weighted by molar-refractivity contribution is -0.138. The fourth-order valence-corrected chi connectivity index (χ4v) is 2.84. The Labute approximate surface area is 142 Å². The summed E-state index contributed by atoms with van der Waals surface area (Å²) in [4.78, 5) is 10.9. The zero-order valence-corrected chi connectivity index (χ0v) is 13.6. The molecule has 2 aromatic rings. The highest BCUT2D eigenvalue weighted by Crippen LogP contribution is 2.40. The van der Waals surface area contributed by atoms with E-state index in [-0.39, 0.29) is 17.7 Å². The Bertz CT molecular complexity index is 795. The number of aromatic carboxylic acids is 1. The van der Waals surface area contributed by atoms with Gasteiger partial charge in [-0.3, -0.25) is 4.68 Å². The average molecular weight is 353 g/mol. The number of carboxylic acids is 1. The molecule has 1 aliphatic carbocycles. The lowest BCUT2D eigenvalue weighted by Crippen LogP contribution is -2.18. The van der Waals surface area contributed by atoms with Crippen molar-refractivity contribution in [1.82, 2.24) is 15.1 Å². The minimum atomic E-state index is -4.60. The number of nitrogens with one attached hydrogen (secondary N) is 1. The molecule has 134 valence electrons. The van der Waals surface area contributed by atoms with Crippen molar-refractivity contribution >= 4 is 5.97 Å². The number of halogens is 3. The van der Waals surface area contributed by atoms with Gasteiger partial charge in [0, 0.05) is 31.7 Å². The van der Waals surface area contributed by atoms with Gasteiger partial charge < -0.3 is 10.4 Å². The van der Waals surface area contributed by atoms with E-state index in [9.17, 15) is 18.0 Å². The Balaban J connectivity index is 1.70. The summed E-state index contributed by atoms with van der Waals surface area (Å²) in [5.41, 5.74) is 0.629. The van der Waals surface area contributed by atoms with Crippen LogP contribution in [0.3, 0.4) is 0 Å². The summed E-state index contributed by atoms with van der Waals surface area (Å²) in [6.45, 7) is 0.322. The van der Waals surface area contributed by atoms with E-state index in [1.54, 1.807) is 0 Å². The van der Waals surface area contributed by atoms with Crippen LogP contribution in [0.5, 0.6) is 0 Å². The number of benzene rings is 1. The molecule has 0 unspecified atom stereocenters. The predicted molar refractivity (Wildman–Crippen MR) is 84.1 cm³/mol. The zero-order valence-electron chi connectivity index (χ0n) is 13.6. The van der Waals surface area contributed by atoms with E-state index in [4.69, 9.17) is 5.11 Å².